The first kappa shape index (κ1) is 18.6. The molecular weight excluding hydrogens is 392 g/mol. The van der Waals surface area contributed by atoms with Crippen molar-refractivity contribution in [3.8, 4) is 0 Å². The molecule has 0 fully saturated rings. The maximum absolute atomic E-state index is 12.5. The predicted octanol–water partition coefficient (Wildman–Crippen LogP) is 3.57. The van der Waals surface area contributed by atoms with E-state index < -0.39 is 10.0 Å². The minimum absolute atomic E-state index is 0.0571. The number of rotatable bonds is 4. The zero-order valence-corrected chi connectivity index (χ0v) is 16.3. The third-order valence-electron chi connectivity index (χ3n) is 3.67. The molecule has 0 atom stereocenters. The van der Waals surface area contributed by atoms with E-state index in [1.807, 2.05) is 32.0 Å². The summed E-state index contributed by atoms with van der Waals surface area (Å²) in [7, 11) is -0.747. The van der Waals surface area contributed by atoms with E-state index in [9.17, 15) is 13.2 Å². The van der Waals surface area contributed by atoms with Gasteiger partial charge >= 0.3 is 0 Å². The van der Waals surface area contributed by atoms with Crippen LogP contribution in [0.5, 0.6) is 0 Å². The van der Waals surface area contributed by atoms with Gasteiger partial charge in [0.2, 0.25) is 10.0 Å². The third kappa shape index (κ3) is 3.68. The quantitative estimate of drug-likeness (QED) is 0.837. The van der Waals surface area contributed by atoms with Crippen LogP contribution in [0.4, 0.5) is 5.69 Å². The molecule has 0 aromatic heterocycles. The number of benzene rings is 2. The average molecular weight is 411 g/mol. The van der Waals surface area contributed by atoms with Gasteiger partial charge in [-0.05, 0) is 59.1 Å². The lowest BCUT2D eigenvalue weighted by atomic mass is 10.1. The first-order valence-corrected chi connectivity index (χ1v) is 9.47. The number of hydrogen-bond donors (Lipinski definition) is 1. The van der Waals surface area contributed by atoms with E-state index in [4.69, 9.17) is 0 Å². The number of anilines is 1. The van der Waals surface area contributed by atoms with Gasteiger partial charge in [0.15, 0.2) is 0 Å². The number of para-hydroxylation sites is 1. The number of carbonyl (C=O) groups is 1. The summed E-state index contributed by atoms with van der Waals surface area (Å²) in [6.07, 6.45) is 0. The SMILES string of the molecule is Cc1cccc(C)c1NC(=O)c1ccc(Br)c(S(=O)(=O)N(C)C)c1. The van der Waals surface area contributed by atoms with Crippen LogP contribution in [0.2, 0.25) is 0 Å². The largest absolute Gasteiger partial charge is 0.322 e. The topological polar surface area (TPSA) is 66.5 Å². The summed E-state index contributed by atoms with van der Waals surface area (Å²) >= 11 is 3.24. The molecule has 0 spiro atoms. The molecule has 0 aliphatic rings. The number of nitrogens with one attached hydrogen (secondary N) is 1. The molecule has 1 amide bonds. The highest BCUT2D eigenvalue weighted by Gasteiger charge is 2.22. The van der Waals surface area contributed by atoms with Crippen LogP contribution in [0.1, 0.15) is 21.5 Å². The second kappa shape index (κ2) is 7.04. The Bertz CT molecular complexity index is 872. The zero-order chi connectivity index (χ0) is 18.1. The number of hydrogen-bond acceptors (Lipinski definition) is 3. The second-order valence-electron chi connectivity index (χ2n) is 5.65. The Labute approximate surface area is 150 Å². The summed E-state index contributed by atoms with van der Waals surface area (Å²) in [4.78, 5) is 12.6. The molecule has 0 radical (unpaired) electrons. The number of halogens is 1. The fourth-order valence-electron chi connectivity index (χ4n) is 2.24. The lowest BCUT2D eigenvalue weighted by Crippen LogP contribution is -2.23. The highest BCUT2D eigenvalue weighted by atomic mass is 79.9. The van der Waals surface area contributed by atoms with Gasteiger partial charge in [-0.1, -0.05) is 18.2 Å². The summed E-state index contributed by atoms with van der Waals surface area (Å²) in [6, 6.07) is 10.3. The zero-order valence-electron chi connectivity index (χ0n) is 13.9. The van der Waals surface area contributed by atoms with Gasteiger partial charge in [-0.3, -0.25) is 4.79 Å². The maximum atomic E-state index is 12.5. The summed E-state index contributed by atoms with van der Waals surface area (Å²) < 4.78 is 26.2. The van der Waals surface area contributed by atoms with Crippen LogP contribution in [0.25, 0.3) is 0 Å². The molecule has 0 aliphatic heterocycles. The molecule has 0 heterocycles. The molecule has 128 valence electrons. The van der Waals surface area contributed by atoms with Crippen molar-refractivity contribution in [1.29, 1.82) is 0 Å². The lowest BCUT2D eigenvalue weighted by Gasteiger charge is -2.15. The Morgan fingerprint density at radius 3 is 2.21 bits per heavy atom. The smallest absolute Gasteiger partial charge is 0.255 e. The molecular formula is C17H19BrN2O3S. The molecule has 2 aromatic rings. The average Bonchev–Trinajstić information content (AvgIpc) is 2.51. The van der Waals surface area contributed by atoms with Crippen molar-refractivity contribution in [2.75, 3.05) is 19.4 Å². The Morgan fingerprint density at radius 1 is 1.08 bits per heavy atom. The Hall–Kier alpha value is -1.70. The molecule has 2 aromatic carbocycles. The first-order valence-electron chi connectivity index (χ1n) is 7.24. The lowest BCUT2D eigenvalue weighted by molar-refractivity contribution is 0.102. The number of carbonyl (C=O) groups excluding carboxylic acids is 1. The molecule has 0 bridgehead atoms. The van der Waals surface area contributed by atoms with Gasteiger partial charge in [-0.25, -0.2) is 12.7 Å². The van der Waals surface area contributed by atoms with Gasteiger partial charge in [-0.15, -0.1) is 0 Å². The molecule has 7 heteroatoms. The molecule has 1 N–H and O–H groups in total. The highest BCUT2D eigenvalue weighted by Crippen LogP contribution is 2.26. The summed E-state index contributed by atoms with van der Waals surface area (Å²) in [5.74, 6) is -0.352. The van der Waals surface area contributed by atoms with Crippen LogP contribution < -0.4 is 5.32 Å². The summed E-state index contributed by atoms with van der Waals surface area (Å²) in [5.41, 5.74) is 2.91. The monoisotopic (exact) mass is 410 g/mol. The van der Waals surface area contributed by atoms with Crippen LogP contribution in [-0.4, -0.2) is 32.7 Å². The van der Waals surface area contributed by atoms with E-state index in [0.717, 1.165) is 21.1 Å². The van der Waals surface area contributed by atoms with E-state index in [1.165, 1.54) is 20.2 Å². The molecule has 0 saturated heterocycles. The number of aryl methyl sites for hydroxylation is 2. The van der Waals surface area contributed by atoms with Crippen molar-refractivity contribution in [3.63, 3.8) is 0 Å². The molecule has 0 unspecified atom stereocenters. The Kier molecular flexibility index (Phi) is 5.47. The van der Waals surface area contributed by atoms with Gasteiger partial charge < -0.3 is 5.32 Å². The van der Waals surface area contributed by atoms with Crippen molar-refractivity contribution < 1.29 is 13.2 Å². The van der Waals surface area contributed by atoms with Crippen molar-refractivity contribution in [1.82, 2.24) is 4.31 Å². The van der Waals surface area contributed by atoms with Gasteiger partial charge in [0, 0.05) is 29.8 Å². The van der Waals surface area contributed by atoms with Crippen LogP contribution in [-0.2, 0) is 10.0 Å². The van der Waals surface area contributed by atoms with E-state index in [2.05, 4.69) is 21.2 Å². The molecule has 24 heavy (non-hydrogen) atoms. The van der Waals surface area contributed by atoms with Crippen molar-refractivity contribution in [3.05, 3.63) is 57.6 Å². The van der Waals surface area contributed by atoms with E-state index >= 15 is 0 Å². The minimum Gasteiger partial charge on any atom is -0.322 e. The molecule has 0 saturated carbocycles. The highest BCUT2D eigenvalue weighted by molar-refractivity contribution is 9.10. The first-order chi connectivity index (χ1) is 11.1. The molecule has 0 aliphatic carbocycles. The number of nitrogens with zero attached hydrogens (tertiary/aromatic N) is 1. The predicted molar refractivity (Wildman–Crippen MR) is 98.9 cm³/mol. The van der Waals surface area contributed by atoms with Crippen molar-refractivity contribution in [2.45, 2.75) is 18.7 Å². The molecule has 2 rings (SSSR count). The maximum Gasteiger partial charge on any atom is 0.255 e. The van der Waals surface area contributed by atoms with E-state index in [-0.39, 0.29) is 16.4 Å². The van der Waals surface area contributed by atoms with E-state index in [1.54, 1.807) is 12.1 Å². The number of amides is 1. The normalized spacial score (nSPS) is 11.6. The van der Waals surface area contributed by atoms with E-state index in [0.29, 0.717) is 4.47 Å². The van der Waals surface area contributed by atoms with Gasteiger partial charge in [-0.2, -0.15) is 0 Å². The summed E-state index contributed by atoms with van der Waals surface area (Å²) in [6.45, 7) is 3.82. The molecule has 5 nitrogen and oxygen atoms in total. The Morgan fingerprint density at radius 2 is 1.67 bits per heavy atom. The fourth-order valence-corrected chi connectivity index (χ4v) is 4.08. The number of sulfonamides is 1. The summed E-state index contributed by atoms with van der Waals surface area (Å²) in [5, 5.41) is 2.86. The standard InChI is InChI=1S/C17H19BrN2O3S/c1-11-6-5-7-12(2)16(11)19-17(21)13-8-9-14(18)15(10-13)24(22,23)20(3)4/h5-10H,1-4H3,(H,19,21). The van der Waals surface area contributed by atoms with Gasteiger partial charge in [0.05, 0.1) is 4.90 Å². The van der Waals surface area contributed by atoms with Crippen LogP contribution >= 0.6 is 15.9 Å². The second-order valence-corrected chi connectivity index (χ2v) is 8.63. The minimum atomic E-state index is -3.65. The third-order valence-corrected chi connectivity index (χ3v) is 6.48. The van der Waals surface area contributed by atoms with Gasteiger partial charge in [0.25, 0.3) is 5.91 Å². The van der Waals surface area contributed by atoms with Crippen molar-refractivity contribution >= 4 is 37.5 Å². The van der Waals surface area contributed by atoms with Crippen LogP contribution in [0.15, 0.2) is 45.8 Å². The van der Waals surface area contributed by atoms with Crippen LogP contribution in [0, 0.1) is 13.8 Å². The van der Waals surface area contributed by atoms with Gasteiger partial charge in [0.1, 0.15) is 0 Å². The van der Waals surface area contributed by atoms with Crippen molar-refractivity contribution in [2.24, 2.45) is 0 Å². The fraction of sp³-hybridized carbons (Fsp3) is 0.235. The Balaban J connectivity index is 2.42. The van der Waals surface area contributed by atoms with Crippen LogP contribution in [0.3, 0.4) is 0 Å².